The molecule has 5 nitrogen and oxygen atoms in total. The molecule has 9 heteroatoms. The molecule has 25 heavy (non-hydrogen) atoms. The van der Waals surface area contributed by atoms with Crippen LogP contribution in [0.4, 0.5) is 0 Å². The summed E-state index contributed by atoms with van der Waals surface area (Å²) in [6.07, 6.45) is 0.912. The van der Waals surface area contributed by atoms with Gasteiger partial charge in [-0.15, -0.1) is 23.1 Å². The van der Waals surface area contributed by atoms with Gasteiger partial charge in [0.15, 0.2) is 0 Å². The van der Waals surface area contributed by atoms with Gasteiger partial charge >= 0.3 is 0 Å². The first-order chi connectivity index (χ1) is 12.0. The van der Waals surface area contributed by atoms with Gasteiger partial charge in [0.1, 0.15) is 4.21 Å². The van der Waals surface area contributed by atoms with Crippen molar-refractivity contribution in [2.75, 3.05) is 12.3 Å². The summed E-state index contributed by atoms with van der Waals surface area (Å²) in [4.78, 5) is 13.3. The Bertz CT molecular complexity index is 854. The number of rotatable bonds is 6. The number of benzene rings is 1. The average molecular weight is 417 g/mol. The average Bonchev–Trinajstić information content (AvgIpc) is 3.11. The zero-order chi connectivity index (χ0) is 17.9. The first-order valence-corrected chi connectivity index (χ1v) is 11.4. The van der Waals surface area contributed by atoms with Crippen LogP contribution in [0.15, 0.2) is 44.8 Å². The first-order valence-electron chi connectivity index (χ1n) is 7.70. The Kier molecular flexibility index (Phi) is 6.06. The predicted molar refractivity (Wildman–Crippen MR) is 102 cm³/mol. The zero-order valence-corrected chi connectivity index (χ0v) is 16.4. The molecule has 0 spiro atoms. The minimum Gasteiger partial charge on any atom is -0.349 e. The number of halogens is 1. The molecule has 0 aliphatic carbocycles. The van der Waals surface area contributed by atoms with E-state index in [2.05, 4.69) is 10.0 Å². The molecule has 1 atom stereocenters. The zero-order valence-electron chi connectivity index (χ0n) is 13.2. The number of thioether (sulfide) groups is 1. The number of thiophene rings is 1. The Hall–Kier alpha value is -1.06. The van der Waals surface area contributed by atoms with Crippen molar-refractivity contribution in [2.24, 2.45) is 0 Å². The van der Waals surface area contributed by atoms with Crippen LogP contribution in [0.3, 0.4) is 0 Å². The summed E-state index contributed by atoms with van der Waals surface area (Å²) in [5.74, 6) is 0.738. The monoisotopic (exact) mass is 416 g/mol. The minimum absolute atomic E-state index is 0.0654. The molecule has 1 unspecified atom stereocenters. The Morgan fingerprint density at radius 1 is 1.32 bits per heavy atom. The molecule has 0 saturated heterocycles. The summed E-state index contributed by atoms with van der Waals surface area (Å²) < 4.78 is 26.7. The number of carbonyl (C=O) groups is 1. The van der Waals surface area contributed by atoms with Crippen molar-refractivity contribution in [3.63, 3.8) is 0 Å². The van der Waals surface area contributed by atoms with Crippen LogP contribution in [0.2, 0.25) is 5.02 Å². The molecular formula is C16H17ClN2O3S3. The molecule has 1 aliphatic heterocycles. The van der Waals surface area contributed by atoms with E-state index in [4.69, 9.17) is 11.6 Å². The van der Waals surface area contributed by atoms with Gasteiger partial charge in [0, 0.05) is 28.6 Å². The predicted octanol–water partition coefficient (Wildman–Crippen LogP) is 3.42. The lowest BCUT2D eigenvalue weighted by molar-refractivity contribution is -0.121. The fourth-order valence-electron chi connectivity index (χ4n) is 2.57. The number of fused-ring (bicyclic) bond motifs is 1. The second-order valence-corrected chi connectivity index (χ2v) is 10.0. The van der Waals surface area contributed by atoms with Crippen molar-refractivity contribution < 1.29 is 13.2 Å². The molecule has 2 heterocycles. The Morgan fingerprint density at radius 3 is 2.92 bits per heavy atom. The molecule has 0 bridgehead atoms. The van der Waals surface area contributed by atoms with Gasteiger partial charge in [-0.05, 0) is 41.6 Å². The molecule has 134 valence electrons. The largest absolute Gasteiger partial charge is 0.349 e. The molecule has 1 aromatic heterocycles. The molecule has 3 rings (SSSR count). The number of amides is 1. The molecule has 2 aromatic rings. The van der Waals surface area contributed by atoms with Crippen molar-refractivity contribution >= 4 is 50.6 Å². The van der Waals surface area contributed by atoms with Gasteiger partial charge in [0.25, 0.3) is 0 Å². The number of carbonyl (C=O) groups excluding carboxylic acids is 1. The fraction of sp³-hybridized carbons (Fsp3) is 0.312. The van der Waals surface area contributed by atoms with Gasteiger partial charge in [-0.1, -0.05) is 17.7 Å². The van der Waals surface area contributed by atoms with Crippen LogP contribution in [0.25, 0.3) is 0 Å². The maximum atomic E-state index is 12.2. The van der Waals surface area contributed by atoms with Gasteiger partial charge in [-0.2, -0.15) is 0 Å². The van der Waals surface area contributed by atoms with Crippen molar-refractivity contribution in [2.45, 2.75) is 28.0 Å². The molecule has 0 fully saturated rings. The molecule has 2 N–H and O–H groups in total. The van der Waals surface area contributed by atoms with Crippen LogP contribution in [-0.2, 0) is 14.8 Å². The van der Waals surface area contributed by atoms with E-state index in [1.807, 2.05) is 18.2 Å². The molecule has 0 saturated carbocycles. The summed E-state index contributed by atoms with van der Waals surface area (Å²) in [6, 6.07) is 8.82. The SMILES string of the molecule is O=C(CCNS(=O)(=O)c1cccs1)NC1CCSc2ccc(Cl)cc21. The van der Waals surface area contributed by atoms with E-state index in [9.17, 15) is 13.2 Å². The Balaban J connectivity index is 1.55. The van der Waals surface area contributed by atoms with Crippen molar-refractivity contribution in [1.29, 1.82) is 0 Å². The van der Waals surface area contributed by atoms with Crippen LogP contribution < -0.4 is 10.0 Å². The van der Waals surface area contributed by atoms with E-state index in [1.165, 1.54) is 6.07 Å². The van der Waals surface area contributed by atoms with Crippen LogP contribution in [0.1, 0.15) is 24.4 Å². The van der Waals surface area contributed by atoms with Crippen LogP contribution in [0, 0.1) is 0 Å². The summed E-state index contributed by atoms with van der Waals surface area (Å²) in [5.41, 5.74) is 1.02. The van der Waals surface area contributed by atoms with Crippen LogP contribution in [0.5, 0.6) is 0 Å². The maximum absolute atomic E-state index is 12.2. The Morgan fingerprint density at radius 2 is 2.16 bits per heavy atom. The number of nitrogens with one attached hydrogen (secondary N) is 2. The highest BCUT2D eigenvalue weighted by Gasteiger charge is 2.23. The lowest BCUT2D eigenvalue weighted by Crippen LogP contribution is -2.34. The van der Waals surface area contributed by atoms with Gasteiger partial charge in [0.2, 0.25) is 15.9 Å². The molecular weight excluding hydrogens is 400 g/mol. The van der Waals surface area contributed by atoms with E-state index in [1.54, 1.807) is 23.2 Å². The summed E-state index contributed by atoms with van der Waals surface area (Å²) >= 11 is 8.96. The smallest absolute Gasteiger partial charge is 0.250 e. The lowest BCUT2D eigenvalue weighted by Gasteiger charge is -2.26. The summed E-state index contributed by atoms with van der Waals surface area (Å²) in [7, 11) is -3.53. The van der Waals surface area contributed by atoms with E-state index in [0.717, 1.165) is 34.0 Å². The molecule has 1 amide bonds. The van der Waals surface area contributed by atoms with E-state index in [-0.39, 0.29) is 29.1 Å². The second kappa shape index (κ2) is 8.09. The summed E-state index contributed by atoms with van der Waals surface area (Å²) in [5, 5.41) is 5.32. The third-order valence-electron chi connectivity index (χ3n) is 3.75. The normalized spacial score (nSPS) is 17.1. The minimum atomic E-state index is -3.53. The van der Waals surface area contributed by atoms with E-state index in [0.29, 0.717) is 5.02 Å². The maximum Gasteiger partial charge on any atom is 0.250 e. The first kappa shape index (κ1) is 18.7. The highest BCUT2D eigenvalue weighted by atomic mass is 35.5. The third-order valence-corrected chi connectivity index (χ3v) is 7.97. The molecule has 1 aliphatic rings. The number of hydrogen-bond donors (Lipinski definition) is 2. The summed E-state index contributed by atoms with van der Waals surface area (Å²) in [6.45, 7) is 0.0654. The topological polar surface area (TPSA) is 75.3 Å². The second-order valence-electron chi connectivity index (χ2n) is 5.52. The van der Waals surface area contributed by atoms with Gasteiger partial charge in [-0.25, -0.2) is 13.1 Å². The van der Waals surface area contributed by atoms with E-state index >= 15 is 0 Å². The van der Waals surface area contributed by atoms with Crippen LogP contribution in [-0.4, -0.2) is 26.6 Å². The van der Waals surface area contributed by atoms with Gasteiger partial charge in [0.05, 0.1) is 6.04 Å². The number of sulfonamides is 1. The van der Waals surface area contributed by atoms with Gasteiger partial charge in [-0.3, -0.25) is 4.79 Å². The fourth-order valence-corrected chi connectivity index (χ4v) is 5.92. The van der Waals surface area contributed by atoms with Gasteiger partial charge < -0.3 is 5.32 Å². The number of hydrogen-bond acceptors (Lipinski definition) is 5. The van der Waals surface area contributed by atoms with E-state index < -0.39 is 10.0 Å². The van der Waals surface area contributed by atoms with Crippen molar-refractivity contribution in [1.82, 2.24) is 10.0 Å². The standard InChI is InChI=1S/C16H17ClN2O3S3/c17-11-3-4-14-12(10-11)13(6-9-23-14)19-15(20)5-7-18-25(21,22)16-2-1-8-24-16/h1-4,8,10,13,18H,5-7,9H2,(H,19,20). The lowest BCUT2D eigenvalue weighted by atomic mass is 10.0. The highest BCUT2D eigenvalue weighted by Crippen LogP contribution is 2.37. The molecule has 1 aromatic carbocycles. The molecule has 0 radical (unpaired) electrons. The quantitative estimate of drug-likeness (QED) is 0.756. The third kappa shape index (κ3) is 4.77. The van der Waals surface area contributed by atoms with Crippen LogP contribution >= 0.6 is 34.7 Å². The Labute approximate surface area is 160 Å². The van der Waals surface area contributed by atoms with Crippen molar-refractivity contribution in [3.05, 3.63) is 46.3 Å². The highest BCUT2D eigenvalue weighted by molar-refractivity contribution is 7.99. The van der Waals surface area contributed by atoms with Crippen molar-refractivity contribution in [3.8, 4) is 0 Å².